The quantitative estimate of drug-likeness (QED) is 0.157. The lowest BCUT2D eigenvalue weighted by Gasteiger charge is -2.16. The van der Waals surface area contributed by atoms with Crippen molar-refractivity contribution in [3.8, 4) is 0 Å². The van der Waals surface area contributed by atoms with E-state index in [1.165, 1.54) is 12.3 Å². The van der Waals surface area contributed by atoms with Gasteiger partial charge in [0, 0.05) is 29.1 Å². The zero-order chi connectivity index (χ0) is 28.0. The van der Waals surface area contributed by atoms with Crippen molar-refractivity contribution < 1.29 is 14.4 Å². The van der Waals surface area contributed by atoms with Crippen molar-refractivity contribution >= 4 is 114 Å². The van der Waals surface area contributed by atoms with E-state index in [-0.39, 0.29) is 5.56 Å². The van der Waals surface area contributed by atoms with Gasteiger partial charge in [-0.1, -0.05) is 6.08 Å². The Morgan fingerprint density at radius 3 is 2.15 bits per heavy atom. The average Bonchev–Trinajstić information content (AvgIpc) is 2.99. The largest absolute Gasteiger partial charge is 0.276 e. The minimum Gasteiger partial charge on any atom is -0.276 e. The van der Waals surface area contributed by atoms with Crippen LogP contribution in [0, 0.1) is 0 Å². The Kier molecular flexibility index (Phi) is 6.79. The lowest BCUT2D eigenvalue weighted by atomic mass is 9.99. The Labute approximate surface area is 241 Å². The summed E-state index contributed by atoms with van der Waals surface area (Å²) >= 11 is 17.2. The van der Waals surface area contributed by atoms with Gasteiger partial charge in [-0.05, 0) is 90.5 Å². The lowest BCUT2D eigenvalue weighted by molar-refractivity contribution is -0.109. The molecule has 6 rings (SSSR count). The van der Waals surface area contributed by atoms with Crippen LogP contribution in [0.3, 0.4) is 0 Å². The maximum Gasteiger partial charge on any atom is 0.252 e. The fourth-order valence-corrected chi connectivity index (χ4v) is 4.93. The molecule has 0 bridgehead atoms. The molecule has 1 aliphatic carbocycles. The topological polar surface area (TPSA) is 127 Å². The molecule has 0 spiro atoms. The van der Waals surface area contributed by atoms with Gasteiger partial charge in [0.2, 0.25) is 10.5 Å². The zero-order valence-electron chi connectivity index (χ0n) is 20.4. The summed E-state index contributed by atoms with van der Waals surface area (Å²) in [7, 11) is 0. The van der Waals surface area contributed by atoms with Crippen molar-refractivity contribution in [1.82, 2.24) is 19.9 Å². The summed E-state index contributed by atoms with van der Waals surface area (Å²) in [6.45, 7) is 0. The molecule has 2 aliphatic rings. The number of aromatic nitrogens is 4. The van der Waals surface area contributed by atoms with Crippen LogP contribution in [0.1, 0.15) is 34.6 Å². The zero-order valence-corrected chi connectivity index (χ0v) is 22.6. The van der Waals surface area contributed by atoms with E-state index in [0.717, 1.165) is 0 Å². The molecule has 0 radical (unpaired) electrons. The molecule has 4 aromatic rings. The first-order valence-electron chi connectivity index (χ1n) is 12.0. The van der Waals surface area contributed by atoms with Crippen LogP contribution in [-0.4, -0.2) is 48.1 Å². The van der Waals surface area contributed by atoms with Crippen molar-refractivity contribution in [3.63, 3.8) is 0 Å². The normalized spacial score (nSPS) is 17.0. The highest BCUT2D eigenvalue weighted by molar-refractivity contribution is 6.68. The number of benzene rings is 2. The van der Waals surface area contributed by atoms with Crippen LogP contribution in [0.4, 0.5) is 11.4 Å². The SMILES string of the molecule is O=C(Cl)C1=Cc2nc3c(nc2CC1)c1c(c2nc4ccc(C(=O)Cl)cc4nc23)N=C/C=C\C/C(C(=O)Cl)=C\C=N1. The van der Waals surface area contributed by atoms with Gasteiger partial charge in [0.1, 0.15) is 33.4 Å². The maximum atomic E-state index is 11.9. The molecule has 12 heteroatoms. The summed E-state index contributed by atoms with van der Waals surface area (Å²) in [6.07, 6.45) is 10.8. The summed E-state index contributed by atoms with van der Waals surface area (Å²) in [6, 6.07) is 4.76. The van der Waals surface area contributed by atoms with Gasteiger partial charge in [-0.2, -0.15) is 0 Å². The summed E-state index contributed by atoms with van der Waals surface area (Å²) in [5, 5.41) is -1.76. The number of nitrogens with zero attached hydrogens (tertiary/aromatic N) is 6. The van der Waals surface area contributed by atoms with Gasteiger partial charge < -0.3 is 0 Å². The molecule has 196 valence electrons. The third-order valence-corrected chi connectivity index (χ3v) is 7.18. The molecule has 40 heavy (non-hydrogen) atoms. The highest BCUT2D eigenvalue weighted by Gasteiger charge is 2.24. The van der Waals surface area contributed by atoms with Crippen molar-refractivity contribution in [3.05, 3.63) is 64.5 Å². The molecule has 9 nitrogen and oxygen atoms in total. The number of carbonyl (C=O) groups excluding carboxylic acids is 3. The highest BCUT2D eigenvalue weighted by Crippen LogP contribution is 2.42. The Bertz CT molecular complexity index is 1980. The van der Waals surface area contributed by atoms with Gasteiger partial charge in [0.05, 0.1) is 22.4 Å². The number of aliphatic imine (C=N–C) groups is 2. The number of rotatable bonds is 3. The second-order valence-corrected chi connectivity index (χ2v) is 9.98. The van der Waals surface area contributed by atoms with E-state index >= 15 is 0 Å². The van der Waals surface area contributed by atoms with E-state index in [1.54, 1.807) is 42.6 Å². The van der Waals surface area contributed by atoms with E-state index in [2.05, 4.69) is 9.98 Å². The number of carbonyl (C=O) groups is 3. The van der Waals surface area contributed by atoms with Crippen LogP contribution in [0.5, 0.6) is 0 Å². The number of hydrogen-bond donors (Lipinski definition) is 0. The molecule has 0 N–H and O–H groups in total. The summed E-state index contributed by atoms with van der Waals surface area (Å²) < 4.78 is 0. The van der Waals surface area contributed by atoms with Gasteiger partial charge in [-0.25, -0.2) is 19.9 Å². The van der Waals surface area contributed by atoms with Crippen LogP contribution in [0.15, 0.2) is 57.6 Å². The predicted octanol–water partition coefficient (Wildman–Crippen LogP) is 6.26. The fraction of sp³-hybridized carbons (Fsp3) is 0.107. The number of aryl methyl sites for hydroxylation is 1. The molecule has 3 heterocycles. The lowest BCUT2D eigenvalue weighted by Crippen LogP contribution is -2.08. The van der Waals surface area contributed by atoms with E-state index in [1.807, 2.05) is 0 Å². The van der Waals surface area contributed by atoms with Crippen LogP contribution in [-0.2, 0) is 16.0 Å². The van der Waals surface area contributed by atoms with Crippen LogP contribution >= 0.6 is 34.8 Å². The molecular formula is C28H15Cl3N6O3. The van der Waals surface area contributed by atoms with E-state index in [9.17, 15) is 14.4 Å². The molecule has 0 fully saturated rings. The fourth-order valence-electron chi connectivity index (χ4n) is 4.52. The Morgan fingerprint density at radius 1 is 0.700 bits per heavy atom. The molecule has 0 amide bonds. The van der Waals surface area contributed by atoms with Gasteiger partial charge in [0.25, 0.3) is 5.24 Å². The smallest absolute Gasteiger partial charge is 0.252 e. The molecule has 0 saturated carbocycles. The van der Waals surface area contributed by atoms with Crippen molar-refractivity contribution in [2.75, 3.05) is 0 Å². The highest BCUT2D eigenvalue weighted by atomic mass is 35.5. The average molecular weight is 590 g/mol. The first kappa shape index (κ1) is 26.1. The minimum absolute atomic E-state index is 0.267. The summed E-state index contributed by atoms with van der Waals surface area (Å²) in [5.41, 5.74) is 5.38. The van der Waals surface area contributed by atoms with Gasteiger partial charge in [-0.15, -0.1) is 0 Å². The molecule has 0 saturated heterocycles. The molecular weight excluding hydrogens is 575 g/mol. The molecule has 1 aliphatic heterocycles. The Morgan fingerprint density at radius 2 is 1.40 bits per heavy atom. The second kappa shape index (κ2) is 10.4. The molecule has 0 atom stereocenters. The first-order valence-corrected chi connectivity index (χ1v) is 13.1. The Balaban J connectivity index is 1.75. The molecule has 2 aromatic heterocycles. The van der Waals surface area contributed by atoms with E-state index in [4.69, 9.17) is 54.7 Å². The number of allylic oxidation sites excluding steroid dienone is 5. The number of halogens is 3. The third kappa shape index (κ3) is 4.72. The van der Waals surface area contributed by atoms with Gasteiger partial charge in [-0.3, -0.25) is 24.4 Å². The van der Waals surface area contributed by atoms with Crippen LogP contribution in [0.25, 0.3) is 39.2 Å². The first-order chi connectivity index (χ1) is 19.3. The standard InChI is InChI=1S/C28H15Cl3N6O3/c29-26(38)13-3-1-2-9-32-20-21(33-10-8-13)23-25(37-19-12-15(28(31)40)5-7-17(19)35-23)24-22(20)34-16-6-4-14(27(30)39)11-18(16)36-24/h1-2,4,6,8-12H,3,5,7H2/b2-1-,13-8+,32-9?,33-10?. The van der Waals surface area contributed by atoms with Crippen LogP contribution < -0.4 is 0 Å². The van der Waals surface area contributed by atoms with Crippen molar-refractivity contribution in [1.29, 1.82) is 0 Å². The summed E-state index contributed by atoms with van der Waals surface area (Å²) in [5.74, 6) is 0. The van der Waals surface area contributed by atoms with Crippen LogP contribution in [0.2, 0.25) is 0 Å². The second-order valence-electron chi connectivity index (χ2n) is 8.95. The van der Waals surface area contributed by atoms with Crippen molar-refractivity contribution in [2.24, 2.45) is 9.98 Å². The number of fused-ring (bicyclic) bond motifs is 8. The number of hydrogen-bond acceptors (Lipinski definition) is 9. The van der Waals surface area contributed by atoms with Crippen molar-refractivity contribution in [2.45, 2.75) is 19.3 Å². The van der Waals surface area contributed by atoms with Gasteiger partial charge in [0.15, 0.2) is 0 Å². The monoisotopic (exact) mass is 588 g/mol. The summed E-state index contributed by atoms with van der Waals surface area (Å²) in [4.78, 5) is 64.1. The molecule has 0 unspecified atom stereocenters. The van der Waals surface area contributed by atoms with Gasteiger partial charge >= 0.3 is 0 Å². The predicted molar refractivity (Wildman–Crippen MR) is 156 cm³/mol. The third-order valence-electron chi connectivity index (χ3n) is 6.48. The van der Waals surface area contributed by atoms with E-state index < -0.39 is 15.7 Å². The minimum atomic E-state index is -0.624. The maximum absolute atomic E-state index is 11.9. The van der Waals surface area contributed by atoms with E-state index in [0.29, 0.717) is 86.3 Å². The Hall–Kier alpha value is -4.18. The molecule has 2 aromatic carbocycles.